The zero-order valence-electron chi connectivity index (χ0n) is 12.3. The van der Waals surface area contributed by atoms with E-state index in [2.05, 4.69) is 13.2 Å². The molecule has 21 heavy (non-hydrogen) atoms. The molecule has 0 aromatic heterocycles. The van der Waals surface area contributed by atoms with E-state index in [9.17, 15) is 13.5 Å². The summed E-state index contributed by atoms with van der Waals surface area (Å²) in [4.78, 5) is 1.87. The summed E-state index contributed by atoms with van der Waals surface area (Å²) in [6.45, 7) is 8.51. The van der Waals surface area contributed by atoms with Crippen molar-refractivity contribution in [1.29, 1.82) is 0 Å². The van der Waals surface area contributed by atoms with Gasteiger partial charge >= 0.3 is 0 Å². The van der Waals surface area contributed by atoms with E-state index >= 15 is 0 Å². The Morgan fingerprint density at radius 1 is 1.38 bits per heavy atom. The van der Waals surface area contributed by atoms with E-state index in [-0.39, 0.29) is 6.61 Å². The first-order chi connectivity index (χ1) is 9.84. The van der Waals surface area contributed by atoms with Crippen molar-refractivity contribution in [2.75, 3.05) is 33.1 Å². The molecule has 122 valence electrons. The van der Waals surface area contributed by atoms with Gasteiger partial charge < -0.3 is 14.6 Å². The Morgan fingerprint density at radius 2 is 1.95 bits per heavy atom. The molecule has 0 radical (unpaired) electrons. The fourth-order valence-corrected chi connectivity index (χ4v) is 2.88. The molecule has 0 saturated carbocycles. The largest absolute Gasteiger partial charge is 0.388 e. The first-order valence-corrected chi connectivity index (χ1v) is 8.32. The molecular weight excluding hydrogens is 298 g/mol. The van der Waals surface area contributed by atoms with Crippen LogP contribution in [0.2, 0.25) is 0 Å². The van der Waals surface area contributed by atoms with Crippen LogP contribution in [-0.4, -0.2) is 76.0 Å². The van der Waals surface area contributed by atoms with E-state index in [0.717, 1.165) is 6.26 Å². The maximum absolute atomic E-state index is 11.3. The predicted molar refractivity (Wildman–Crippen MR) is 78.2 cm³/mol. The topological polar surface area (TPSA) is 85.3 Å². The molecule has 1 N–H and O–H groups in total. The van der Waals surface area contributed by atoms with E-state index in [1.807, 2.05) is 4.90 Å². The fourth-order valence-electron chi connectivity index (χ4n) is 2.27. The van der Waals surface area contributed by atoms with Crippen LogP contribution < -0.4 is 0 Å². The second kappa shape index (κ2) is 8.02. The molecule has 1 aliphatic rings. The minimum atomic E-state index is -3.75. The molecule has 4 atom stereocenters. The molecule has 7 nitrogen and oxygen atoms in total. The third-order valence-corrected chi connectivity index (χ3v) is 3.72. The lowest BCUT2D eigenvalue weighted by molar-refractivity contribution is -0.243. The average Bonchev–Trinajstić information content (AvgIpc) is 2.39. The Bertz CT molecular complexity index is 442. The summed E-state index contributed by atoms with van der Waals surface area (Å²) in [6, 6.07) is -0.445. The highest BCUT2D eigenvalue weighted by molar-refractivity contribution is 7.86. The van der Waals surface area contributed by atoms with Gasteiger partial charge in [-0.05, 0) is 0 Å². The van der Waals surface area contributed by atoms with Gasteiger partial charge in [0.05, 0.1) is 18.9 Å². The highest BCUT2D eigenvalue weighted by atomic mass is 32.2. The number of ether oxygens (including phenoxy) is 2. The number of aliphatic hydroxyl groups is 1. The van der Waals surface area contributed by atoms with E-state index < -0.39 is 34.7 Å². The maximum atomic E-state index is 11.3. The van der Waals surface area contributed by atoms with Crippen LogP contribution in [0.5, 0.6) is 0 Å². The van der Waals surface area contributed by atoms with Crippen LogP contribution >= 0.6 is 0 Å². The van der Waals surface area contributed by atoms with E-state index in [1.54, 1.807) is 12.2 Å². The van der Waals surface area contributed by atoms with Gasteiger partial charge in [-0.3, -0.25) is 9.08 Å². The van der Waals surface area contributed by atoms with Crippen LogP contribution in [0.25, 0.3) is 0 Å². The van der Waals surface area contributed by atoms with Crippen molar-refractivity contribution in [3.05, 3.63) is 25.3 Å². The number of nitrogens with zero attached hydrogens (tertiary/aromatic N) is 1. The number of hydrogen-bond acceptors (Lipinski definition) is 7. The maximum Gasteiger partial charge on any atom is 0.264 e. The van der Waals surface area contributed by atoms with Crippen molar-refractivity contribution >= 4 is 10.1 Å². The third kappa shape index (κ3) is 5.17. The van der Waals surface area contributed by atoms with E-state index in [1.165, 1.54) is 7.11 Å². The number of hydrogen-bond donors (Lipinski definition) is 1. The van der Waals surface area contributed by atoms with Gasteiger partial charge in [-0.25, -0.2) is 0 Å². The highest BCUT2D eigenvalue weighted by Gasteiger charge is 2.44. The molecule has 0 aliphatic carbocycles. The van der Waals surface area contributed by atoms with Gasteiger partial charge in [0.15, 0.2) is 12.4 Å². The lowest BCUT2D eigenvalue weighted by atomic mass is 10.0. The summed E-state index contributed by atoms with van der Waals surface area (Å²) in [5.74, 6) is 0. The zero-order valence-corrected chi connectivity index (χ0v) is 13.2. The molecular formula is C13H23NO6S. The van der Waals surface area contributed by atoms with Gasteiger partial charge in [0.25, 0.3) is 10.1 Å². The number of methoxy groups -OCH3 is 1. The number of rotatable bonds is 8. The fraction of sp³-hybridized carbons (Fsp3) is 0.692. The summed E-state index contributed by atoms with van der Waals surface area (Å²) in [7, 11) is -2.39. The van der Waals surface area contributed by atoms with Gasteiger partial charge in [0, 0.05) is 20.2 Å². The first-order valence-electron chi connectivity index (χ1n) is 6.50. The zero-order chi connectivity index (χ0) is 16.0. The molecule has 1 aliphatic heterocycles. The predicted octanol–water partition coefficient (Wildman–Crippen LogP) is -0.263. The van der Waals surface area contributed by atoms with Crippen LogP contribution in [0, 0.1) is 0 Å². The van der Waals surface area contributed by atoms with E-state index in [0.29, 0.717) is 13.1 Å². The van der Waals surface area contributed by atoms with Gasteiger partial charge in [-0.2, -0.15) is 8.42 Å². The molecule has 1 fully saturated rings. The van der Waals surface area contributed by atoms with Crippen molar-refractivity contribution in [3.8, 4) is 0 Å². The normalized spacial score (nSPS) is 30.3. The molecule has 4 unspecified atom stereocenters. The molecule has 0 aromatic carbocycles. The summed E-state index contributed by atoms with van der Waals surface area (Å²) in [5.41, 5.74) is 0. The van der Waals surface area contributed by atoms with Gasteiger partial charge in [-0.1, -0.05) is 12.2 Å². The minimum Gasteiger partial charge on any atom is -0.388 e. The van der Waals surface area contributed by atoms with Gasteiger partial charge in [0.1, 0.15) is 6.10 Å². The summed E-state index contributed by atoms with van der Waals surface area (Å²) in [5, 5.41) is 10.5. The minimum absolute atomic E-state index is 0.185. The van der Waals surface area contributed by atoms with E-state index in [4.69, 9.17) is 13.7 Å². The van der Waals surface area contributed by atoms with Gasteiger partial charge in [-0.15, -0.1) is 13.2 Å². The quantitative estimate of drug-likeness (QED) is 0.487. The second-order valence-corrected chi connectivity index (χ2v) is 6.39. The Hall–Kier alpha value is -0.770. The van der Waals surface area contributed by atoms with Crippen LogP contribution in [0.4, 0.5) is 0 Å². The Balaban J connectivity index is 2.94. The van der Waals surface area contributed by atoms with Crippen molar-refractivity contribution in [2.24, 2.45) is 0 Å². The monoisotopic (exact) mass is 321 g/mol. The van der Waals surface area contributed by atoms with Crippen molar-refractivity contribution in [1.82, 2.24) is 4.90 Å². The third-order valence-electron chi connectivity index (χ3n) is 3.14. The smallest absolute Gasteiger partial charge is 0.264 e. The molecule has 1 rings (SSSR count). The SMILES string of the molecule is C=CCN(CC=C)C1COC(OC)C(OS(C)(=O)=O)C1O. The molecule has 0 bridgehead atoms. The second-order valence-electron chi connectivity index (χ2n) is 4.79. The van der Waals surface area contributed by atoms with Crippen LogP contribution in [0.3, 0.4) is 0 Å². The summed E-state index contributed by atoms with van der Waals surface area (Å²) in [6.07, 6.45) is 1.14. The average molecular weight is 321 g/mol. The molecule has 0 amide bonds. The standard InChI is InChI=1S/C13H23NO6S/c1-5-7-14(8-6-2)10-9-19-13(18-3)12(11(10)15)20-21(4,16)17/h5-6,10-13,15H,1-2,7-9H2,3-4H3. The van der Waals surface area contributed by atoms with Crippen molar-refractivity contribution in [2.45, 2.75) is 24.5 Å². The molecule has 1 heterocycles. The Labute approximate surface area is 125 Å². The Morgan fingerprint density at radius 3 is 2.38 bits per heavy atom. The van der Waals surface area contributed by atoms with Crippen LogP contribution in [-0.2, 0) is 23.8 Å². The molecule has 0 spiro atoms. The highest BCUT2D eigenvalue weighted by Crippen LogP contribution is 2.24. The van der Waals surface area contributed by atoms with Crippen molar-refractivity contribution in [3.63, 3.8) is 0 Å². The lowest BCUT2D eigenvalue weighted by Gasteiger charge is -2.42. The van der Waals surface area contributed by atoms with Gasteiger partial charge in [0.2, 0.25) is 0 Å². The molecule has 8 heteroatoms. The Kier molecular flexibility index (Phi) is 6.98. The van der Waals surface area contributed by atoms with Crippen LogP contribution in [0.15, 0.2) is 25.3 Å². The summed E-state index contributed by atoms with van der Waals surface area (Å²) < 4.78 is 38.1. The van der Waals surface area contributed by atoms with Crippen LogP contribution in [0.1, 0.15) is 0 Å². The van der Waals surface area contributed by atoms with Crippen molar-refractivity contribution < 1.29 is 27.2 Å². The first kappa shape index (κ1) is 18.3. The molecule has 1 saturated heterocycles. The molecule has 0 aromatic rings. The number of aliphatic hydroxyl groups excluding tert-OH is 1. The summed E-state index contributed by atoms with van der Waals surface area (Å²) >= 11 is 0. The lowest BCUT2D eigenvalue weighted by Crippen LogP contribution is -2.60.